The van der Waals surface area contributed by atoms with Crippen LogP contribution in [-0.4, -0.2) is 25.9 Å². The van der Waals surface area contributed by atoms with Crippen molar-refractivity contribution in [2.45, 2.75) is 4.90 Å². The molecule has 1 aromatic carbocycles. The van der Waals surface area contributed by atoms with E-state index < -0.39 is 28.0 Å². The van der Waals surface area contributed by atoms with Crippen LogP contribution < -0.4 is 5.73 Å². The second-order valence-corrected chi connectivity index (χ2v) is 4.83. The molecule has 0 unspecified atom stereocenters. The maximum absolute atomic E-state index is 12.9. The molecule has 78 valence electrons. The minimum absolute atomic E-state index is 0.104. The van der Waals surface area contributed by atoms with Gasteiger partial charge in [-0.2, -0.15) is 0 Å². The molecule has 1 aromatic rings. The second-order valence-electron chi connectivity index (χ2n) is 2.73. The van der Waals surface area contributed by atoms with E-state index in [4.69, 9.17) is 10.8 Å². The SMILES string of the molecule is Nc1ccc(S(=O)(=O)CCO)cc1F. The number of aliphatic hydroxyl groups excluding tert-OH is 1. The van der Waals surface area contributed by atoms with E-state index in [2.05, 4.69) is 0 Å². The van der Waals surface area contributed by atoms with Crippen molar-refractivity contribution in [3.8, 4) is 0 Å². The Morgan fingerprint density at radius 3 is 2.57 bits per heavy atom. The highest BCUT2D eigenvalue weighted by Gasteiger charge is 2.14. The average Bonchev–Trinajstić information content (AvgIpc) is 2.09. The summed E-state index contributed by atoms with van der Waals surface area (Å²) in [6, 6.07) is 3.24. The third kappa shape index (κ3) is 2.21. The van der Waals surface area contributed by atoms with Gasteiger partial charge in [-0.05, 0) is 18.2 Å². The maximum atomic E-state index is 12.9. The van der Waals surface area contributed by atoms with Crippen LogP contribution in [-0.2, 0) is 9.84 Å². The van der Waals surface area contributed by atoms with Crippen molar-refractivity contribution in [1.29, 1.82) is 0 Å². The highest BCUT2D eigenvalue weighted by Crippen LogP contribution is 2.17. The molecule has 0 heterocycles. The van der Waals surface area contributed by atoms with Gasteiger partial charge in [-0.3, -0.25) is 0 Å². The van der Waals surface area contributed by atoms with Crippen molar-refractivity contribution < 1.29 is 17.9 Å². The largest absolute Gasteiger partial charge is 0.396 e. The van der Waals surface area contributed by atoms with E-state index in [9.17, 15) is 12.8 Å². The monoisotopic (exact) mass is 219 g/mol. The normalized spacial score (nSPS) is 11.6. The zero-order chi connectivity index (χ0) is 10.8. The van der Waals surface area contributed by atoms with Gasteiger partial charge in [0.05, 0.1) is 22.9 Å². The quantitative estimate of drug-likeness (QED) is 0.710. The van der Waals surface area contributed by atoms with Crippen molar-refractivity contribution in [1.82, 2.24) is 0 Å². The van der Waals surface area contributed by atoms with E-state index in [0.29, 0.717) is 0 Å². The van der Waals surface area contributed by atoms with Crippen molar-refractivity contribution in [3.05, 3.63) is 24.0 Å². The number of hydrogen-bond donors (Lipinski definition) is 2. The summed E-state index contributed by atoms with van der Waals surface area (Å²) in [6.45, 7) is -0.492. The van der Waals surface area contributed by atoms with Crippen molar-refractivity contribution in [2.75, 3.05) is 18.1 Å². The Bertz CT molecular complexity index is 430. The van der Waals surface area contributed by atoms with Crippen molar-refractivity contribution in [3.63, 3.8) is 0 Å². The molecule has 1 rings (SSSR count). The molecule has 0 aliphatic carbocycles. The van der Waals surface area contributed by atoms with Crippen LogP contribution >= 0.6 is 0 Å². The number of benzene rings is 1. The number of rotatable bonds is 3. The van der Waals surface area contributed by atoms with Gasteiger partial charge in [-0.25, -0.2) is 12.8 Å². The standard InChI is InChI=1S/C8H10FNO3S/c9-7-5-6(1-2-8(7)10)14(12,13)4-3-11/h1-2,5,11H,3-4,10H2. The van der Waals surface area contributed by atoms with Crippen LogP contribution in [0.15, 0.2) is 23.1 Å². The Balaban J connectivity index is 3.15. The maximum Gasteiger partial charge on any atom is 0.180 e. The summed E-state index contributed by atoms with van der Waals surface area (Å²) in [6.07, 6.45) is 0. The Hall–Kier alpha value is -1.14. The summed E-state index contributed by atoms with van der Waals surface area (Å²) in [5, 5.41) is 8.49. The highest BCUT2D eigenvalue weighted by molar-refractivity contribution is 7.91. The number of nitrogens with two attached hydrogens (primary N) is 1. The molecular formula is C8H10FNO3S. The molecule has 0 aliphatic rings. The predicted octanol–water partition coefficient (Wildman–Crippen LogP) is 0.174. The van der Waals surface area contributed by atoms with E-state index in [1.165, 1.54) is 12.1 Å². The van der Waals surface area contributed by atoms with Gasteiger partial charge >= 0.3 is 0 Å². The van der Waals surface area contributed by atoms with E-state index in [0.717, 1.165) is 6.07 Å². The van der Waals surface area contributed by atoms with Crippen LogP contribution in [0.2, 0.25) is 0 Å². The molecule has 0 saturated heterocycles. The van der Waals surface area contributed by atoms with Crippen LogP contribution in [0, 0.1) is 5.82 Å². The van der Waals surface area contributed by atoms with Crippen molar-refractivity contribution in [2.24, 2.45) is 0 Å². The summed E-state index contributed by atoms with van der Waals surface area (Å²) in [5.41, 5.74) is 5.08. The topological polar surface area (TPSA) is 80.4 Å². The van der Waals surface area contributed by atoms with Crippen LogP contribution in [0.25, 0.3) is 0 Å². The van der Waals surface area contributed by atoms with E-state index in [-0.39, 0.29) is 10.6 Å². The predicted molar refractivity (Wildman–Crippen MR) is 50.0 cm³/mol. The van der Waals surface area contributed by atoms with Gasteiger partial charge < -0.3 is 10.8 Å². The fourth-order valence-corrected chi connectivity index (χ4v) is 1.97. The van der Waals surface area contributed by atoms with Gasteiger partial charge in [0.25, 0.3) is 0 Å². The molecule has 14 heavy (non-hydrogen) atoms. The molecule has 0 bridgehead atoms. The molecule has 4 nitrogen and oxygen atoms in total. The highest BCUT2D eigenvalue weighted by atomic mass is 32.2. The number of sulfone groups is 1. The minimum atomic E-state index is -3.60. The zero-order valence-corrected chi connectivity index (χ0v) is 8.09. The smallest absolute Gasteiger partial charge is 0.180 e. The first-order chi connectivity index (χ1) is 6.47. The van der Waals surface area contributed by atoms with Gasteiger partial charge in [-0.1, -0.05) is 0 Å². The molecule has 3 N–H and O–H groups in total. The third-order valence-electron chi connectivity index (χ3n) is 1.69. The van der Waals surface area contributed by atoms with Crippen LogP contribution in [0.1, 0.15) is 0 Å². The minimum Gasteiger partial charge on any atom is -0.396 e. The molecule has 0 atom stereocenters. The molecule has 6 heteroatoms. The molecule has 0 amide bonds. The zero-order valence-electron chi connectivity index (χ0n) is 7.27. The molecule has 0 fully saturated rings. The fraction of sp³-hybridized carbons (Fsp3) is 0.250. The molecule has 0 aliphatic heterocycles. The summed E-state index contributed by atoms with van der Waals surface area (Å²) in [7, 11) is -3.60. The van der Waals surface area contributed by atoms with Crippen LogP contribution in [0.4, 0.5) is 10.1 Å². The van der Waals surface area contributed by atoms with E-state index >= 15 is 0 Å². The molecule has 0 radical (unpaired) electrons. The molecule has 0 spiro atoms. The average molecular weight is 219 g/mol. The van der Waals surface area contributed by atoms with Gasteiger partial charge in [0.2, 0.25) is 0 Å². The van der Waals surface area contributed by atoms with E-state index in [1.54, 1.807) is 0 Å². The number of nitrogen functional groups attached to an aromatic ring is 1. The van der Waals surface area contributed by atoms with Gasteiger partial charge in [0.1, 0.15) is 5.82 Å². The lowest BCUT2D eigenvalue weighted by molar-refractivity contribution is 0.319. The first-order valence-corrected chi connectivity index (χ1v) is 5.51. The summed E-state index contributed by atoms with van der Waals surface area (Å²) >= 11 is 0. The Kier molecular flexibility index (Phi) is 3.07. The van der Waals surface area contributed by atoms with Crippen LogP contribution in [0.3, 0.4) is 0 Å². The third-order valence-corrected chi connectivity index (χ3v) is 3.38. The number of hydrogen-bond acceptors (Lipinski definition) is 4. The molecular weight excluding hydrogens is 209 g/mol. The first-order valence-electron chi connectivity index (χ1n) is 3.86. The Morgan fingerprint density at radius 1 is 1.43 bits per heavy atom. The Labute approximate surface area is 81.1 Å². The van der Waals surface area contributed by atoms with Gasteiger partial charge in [0, 0.05) is 0 Å². The molecule has 0 aromatic heterocycles. The number of aliphatic hydroxyl groups is 1. The van der Waals surface area contributed by atoms with E-state index in [1.807, 2.05) is 0 Å². The van der Waals surface area contributed by atoms with Crippen LogP contribution in [0.5, 0.6) is 0 Å². The molecule has 0 saturated carbocycles. The summed E-state index contributed by atoms with van der Waals surface area (Å²) in [4.78, 5) is -0.168. The lowest BCUT2D eigenvalue weighted by Crippen LogP contribution is -2.10. The number of halogens is 1. The summed E-state index contributed by atoms with van der Waals surface area (Å²) < 4.78 is 35.6. The second kappa shape index (κ2) is 3.93. The first kappa shape index (κ1) is 10.9. The Morgan fingerprint density at radius 2 is 2.07 bits per heavy atom. The number of anilines is 1. The fourth-order valence-electron chi connectivity index (χ4n) is 0.939. The van der Waals surface area contributed by atoms with Gasteiger partial charge in [-0.15, -0.1) is 0 Å². The van der Waals surface area contributed by atoms with Crippen molar-refractivity contribution >= 4 is 15.5 Å². The lowest BCUT2D eigenvalue weighted by Gasteiger charge is -2.03. The summed E-state index contributed by atoms with van der Waals surface area (Å²) in [5.74, 6) is -1.19. The lowest BCUT2D eigenvalue weighted by atomic mass is 10.3. The van der Waals surface area contributed by atoms with Gasteiger partial charge in [0.15, 0.2) is 9.84 Å².